The van der Waals surface area contributed by atoms with Gasteiger partial charge >= 0.3 is 0 Å². The average Bonchev–Trinajstić information content (AvgIpc) is 2.76. The van der Waals surface area contributed by atoms with Gasteiger partial charge in [-0.15, -0.1) is 11.3 Å². The lowest BCUT2D eigenvalue weighted by Crippen LogP contribution is -2.27. The maximum Gasteiger partial charge on any atom is 0.129 e. The lowest BCUT2D eigenvalue weighted by molar-refractivity contribution is 0.471. The van der Waals surface area contributed by atoms with Crippen LogP contribution in [0.25, 0.3) is 0 Å². The van der Waals surface area contributed by atoms with Crippen LogP contribution in [0.4, 0.5) is 0 Å². The summed E-state index contributed by atoms with van der Waals surface area (Å²) < 4.78 is 0.744. The highest BCUT2D eigenvalue weighted by molar-refractivity contribution is 9.10. The van der Waals surface area contributed by atoms with Gasteiger partial charge in [0.25, 0.3) is 0 Å². The molecule has 2 N–H and O–H groups in total. The second-order valence-electron chi connectivity index (χ2n) is 4.78. The Hall–Kier alpha value is -0.840. The van der Waals surface area contributed by atoms with Gasteiger partial charge in [-0.3, -0.25) is 0 Å². The van der Waals surface area contributed by atoms with Gasteiger partial charge in [-0.1, -0.05) is 6.07 Å². The second kappa shape index (κ2) is 6.55. The summed E-state index contributed by atoms with van der Waals surface area (Å²) in [6.07, 6.45) is 1.05. The minimum Gasteiger partial charge on any atom is -0.507 e. The summed E-state index contributed by atoms with van der Waals surface area (Å²) in [5.41, 5.74) is 1.17. The summed E-state index contributed by atoms with van der Waals surface area (Å²) in [6, 6.07) is 10.4. The van der Waals surface area contributed by atoms with E-state index in [-0.39, 0.29) is 5.75 Å². The van der Waals surface area contributed by atoms with Crippen molar-refractivity contribution in [1.82, 2.24) is 5.32 Å². The number of phenolic OH excluding ortho intramolecular Hbond substituents is 1. The monoisotopic (exact) mass is 339 g/mol. The van der Waals surface area contributed by atoms with Crippen molar-refractivity contribution < 1.29 is 5.11 Å². The fourth-order valence-electron chi connectivity index (χ4n) is 1.92. The number of halogens is 1. The summed E-state index contributed by atoms with van der Waals surface area (Å²) in [7, 11) is 0. The van der Waals surface area contributed by atoms with Gasteiger partial charge in [0, 0.05) is 22.3 Å². The zero-order valence-corrected chi connectivity index (χ0v) is 13.5. The summed E-state index contributed by atoms with van der Waals surface area (Å²) in [5, 5.41) is 13.0. The number of phenols is 1. The van der Waals surface area contributed by atoms with Gasteiger partial charge in [0.15, 0.2) is 0 Å². The summed E-state index contributed by atoms with van der Waals surface area (Å²) in [6.45, 7) is 5.15. The molecule has 1 unspecified atom stereocenters. The van der Waals surface area contributed by atoms with Crippen molar-refractivity contribution >= 4 is 27.3 Å². The molecule has 0 spiro atoms. The highest BCUT2D eigenvalue weighted by Crippen LogP contribution is 2.24. The molecule has 1 heterocycles. The molecule has 0 fully saturated rings. The number of benzene rings is 1. The maximum absolute atomic E-state index is 9.45. The molecule has 1 aromatic heterocycles. The van der Waals surface area contributed by atoms with Gasteiger partial charge in [-0.05, 0) is 66.0 Å². The zero-order chi connectivity index (χ0) is 13.8. The molecular formula is C15H18BrNOS. The van der Waals surface area contributed by atoms with Crippen LogP contribution < -0.4 is 5.32 Å². The molecule has 0 aliphatic heterocycles. The molecule has 0 amide bonds. The van der Waals surface area contributed by atoms with E-state index < -0.39 is 0 Å². The number of thiophene rings is 1. The fraction of sp³-hybridized carbons (Fsp3) is 0.333. The standard InChI is InChI=1S/C15H18BrNOS/c1-10(7-13-5-3-11(2)19-13)17-9-12-4-6-15(18)14(16)8-12/h3-6,8,10,17-18H,7,9H2,1-2H3. The number of hydrogen-bond acceptors (Lipinski definition) is 3. The van der Waals surface area contributed by atoms with Crippen LogP contribution in [0.1, 0.15) is 22.2 Å². The minimum absolute atomic E-state index is 0.283. The van der Waals surface area contributed by atoms with Crippen molar-refractivity contribution in [3.05, 3.63) is 50.1 Å². The van der Waals surface area contributed by atoms with E-state index in [4.69, 9.17) is 0 Å². The van der Waals surface area contributed by atoms with E-state index >= 15 is 0 Å². The molecule has 0 saturated heterocycles. The van der Waals surface area contributed by atoms with Gasteiger partial charge in [-0.25, -0.2) is 0 Å². The average molecular weight is 340 g/mol. The zero-order valence-electron chi connectivity index (χ0n) is 11.1. The van der Waals surface area contributed by atoms with E-state index in [0.717, 1.165) is 17.4 Å². The van der Waals surface area contributed by atoms with E-state index in [1.807, 2.05) is 23.5 Å². The van der Waals surface area contributed by atoms with E-state index in [0.29, 0.717) is 6.04 Å². The van der Waals surface area contributed by atoms with Crippen molar-refractivity contribution in [2.24, 2.45) is 0 Å². The normalized spacial score (nSPS) is 12.6. The topological polar surface area (TPSA) is 32.3 Å². The molecule has 0 radical (unpaired) electrons. The number of nitrogens with one attached hydrogen (secondary N) is 1. The molecule has 19 heavy (non-hydrogen) atoms. The predicted octanol–water partition coefficient (Wildman–Crippen LogP) is 4.25. The molecule has 1 aromatic carbocycles. The second-order valence-corrected chi connectivity index (χ2v) is 7.01. The van der Waals surface area contributed by atoms with Crippen LogP contribution in [0.2, 0.25) is 0 Å². The maximum atomic E-state index is 9.45. The Bertz CT molecular complexity index is 553. The largest absolute Gasteiger partial charge is 0.507 e. The first-order chi connectivity index (χ1) is 9.04. The van der Waals surface area contributed by atoms with Crippen LogP contribution in [-0.2, 0) is 13.0 Å². The van der Waals surface area contributed by atoms with Crippen molar-refractivity contribution in [1.29, 1.82) is 0 Å². The first kappa shape index (κ1) is 14.6. The Labute approximate surface area is 126 Å². The van der Waals surface area contributed by atoms with Crippen molar-refractivity contribution in [2.45, 2.75) is 32.9 Å². The van der Waals surface area contributed by atoms with E-state index in [2.05, 4.69) is 47.2 Å². The smallest absolute Gasteiger partial charge is 0.129 e. The Balaban J connectivity index is 1.86. The van der Waals surface area contributed by atoms with Gasteiger partial charge < -0.3 is 10.4 Å². The third kappa shape index (κ3) is 4.34. The number of aryl methyl sites for hydroxylation is 1. The third-order valence-electron chi connectivity index (χ3n) is 2.97. The number of rotatable bonds is 5. The molecule has 0 aliphatic carbocycles. The molecule has 0 bridgehead atoms. The Morgan fingerprint density at radius 2 is 2.11 bits per heavy atom. The Morgan fingerprint density at radius 1 is 1.32 bits per heavy atom. The van der Waals surface area contributed by atoms with Crippen LogP contribution in [-0.4, -0.2) is 11.1 Å². The molecule has 2 nitrogen and oxygen atoms in total. The van der Waals surface area contributed by atoms with E-state index in [1.54, 1.807) is 6.07 Å². The predicted molar refractivity (Wildman–Crippen MR) is 84.9 cm³/mol. The minimum atomic E-state index is 0.283. The molecule has 4 heteroatoms. The number of hydrogen-bond donors (Lipinski definition) is 2. The van der Waals surface area contributed by atoms with Gasteiger partial charge in [0.2, 0.25) is 0 Å². The molecule has 102 valence electrons. The molecule has 1 atom stereocenters. The lowest BCUT2D eigenvalue weighted by atomic mass is 10.1. The van der Waals surface area contributed by atoms with Crippen LogP contribution in [0.3, 0.4) is 0 Å². The lowest BCUT2D eigenvalue weighted by Gasteiger charge is -2.13. The van der Waals surface area contributed by atoms with Crippen molar-refractivity contribution in [2.75, 3.05) is 0 Å². The van der Waals surface area contributed by atoms with Crippen molar-refractivity contribution in [3.8, 4) is 5.75 Å². The quantitative estimate of drug-likeness (QED) is 0.853. The highest BCUT2D eigenvalue weighted by atomic mass is 79.9. The van der Waals surface area contributed by atoms with Gasteiger partial charge in [0.1, 0.15) is 5.75 Å². The van der Waals surface area contributed by atoms with Crippen LogP contribution in [0.5, 0.6) is 5.75 Å². The van der Waals surface area contributed by atoms with Crippen LogP contribution in [0.15, 0.2) is 34.8 Å². The summed E-state index contributed by atoms with van der Waals surface area (Å²) in [4.78, 5) is 2.79. The third-order valence-corrected chi connectivity index (χ3v) is 4.63. The Morgan fingerprint density at radius 3 is 2.74 bits per heavy atom. The SMILES string of the molecule is Cc1ccc(CC(C)NCc2ccc(O)c(Br)c2)s1. The summed E-state index contributed by atoms with van der Waals surface area (Å²) >= 11 is 5.20. The first-order valence-corrected chi connectivity index (χ1v) is 7.91. The number of aromatic hydroxyl groups is 1. The van der Waals surface area contributed by atoms with Crippen LogP contribution >= 0.6 is 27.3 Å². The van der Waals surface area contributed by atoms with Gasteiger partial charge in [0.05, 0.1) is 4.47 Å². The molecular weight excluding hydrogens is 322 g/mol. The molecule has 0 aliphatic rings. The highest BCUT2D eigenvalue weighted by Gasteiger charge is 2.06. The van der Waals surface area contributed by atoms with Crippen LogP contribution in [0, 0.1) is 6.92 Å². The molecule has 2 aromatic rings. The van der Waals surface area contributed by atoms with E-state index in [9.17, 15) is 5.11 Å². The van der Waals surface area contributed by atoms with E-state index in [1.165, 1.54) is 15.3 Å². The first-order valence-electron chi connectivity index (χ1n) is 6.30. The Kier molecular flexibility index (Phi) is 5.02. The molecule has 2 rings (SSSR count). The molecule has 0 saturated carbocycles. The fourth-order valence-corrected chi connectivity index (χ4v) is 3.37. The summed E-state index contributed by atoms with van der Waals surface area (Å²) in [5.74, 6) is 0.283. The van der Waals surface area contributed by atoms with Gasteiger partial charge in [-0.2, -0.15) is 0 Å². The van der Waals surface area contributed by atoms with Crippen molar-refractivity contribution in [3.63, 3.8) is 0 Å².